The van der Waals surface area contributed by atoms with Crippen molar-refractivity contribution in [2.45, 2.75) is 34.9 Å². The molecular weight excluding hydrogens is 456 g/mol. The summed E-state index contributed by atoms with van der Waals surface area (Å²) in [5, 5.41) is 27.3. The van der Waals surface area contributed by atoms with Crippen LogP contribution in [0, 0.1) is 24.1 Å². The molecule has 31 heavy (non-hydrogen) atoms. The maximum absolute atomic E-state index is 12.6. The summed E-state index contributed by atoms with van der Waals surface area (Å²) in [7, 11) is -1.66. The Balaban J connectivity index is 0.000000285. The number of β-amino-alcohol motifs (C(OH)–C–C–N with tert-alkyl or cyclic N) is 1. The first-order chi connectivity index (χ1) is 14.4. The largest absolute Gasteiger partial charge is 0.416 e. The van der Waals surface area contributed by atoms with Crippen molar-refractivity contribution in [3.8, 4) is 6.07 Å². The molecule has 0 saturated carbocycles. The fourth-order valence-corrected chi connectivity index (χ4v) is 4.44. The number of rotatable bonds is 3. The van der Waals surface area contributed by atoms with E-state index in [0.717, 1.165) is 12.1 Å². The van der Waals surface area contributed by atoms with Crippen LogP contribution in [0.4, 0.5) is 17.6 Å². The SMILES string of the molecule is Cc1cc(C(F)(F)F)ccc1S(=O)N1CCC(O)(CO)C1.N#Cc1ccc(S)cc1F. The Bertz CT molecular complexity index is 1010. The van der Waals surface area contributed by atoms with E-state index in [2.05, 4.69) is 12.6 Å². The van der Waals surface area contributed by atoms with Crippen LogP contribution in [0.5, 0.6) is 0 Å². The maximum Gasteiger partial charge on any atom is 0.416 e. The second-order valence-corrected chi connectivity index (χ2v) is 8.97. The van der Waals surface area contributed by atoms with Gasteiger partial charge in [0.2, 0.25) is 0 Å². The van der Waals surface area contributed by atoms with Crippen LogP contribution in [-0.4, -0.2) is 44.0 Å². The van der Waals surface area contributed by atoms with E-state index >= 15 is 0 Å². The van der Waals surface area contributed by atoms with Gasteiger partial charge in [0.15, 0.2) is 0 Å². The molecule has 1 aliphatic rings. The van der Waals surface area contributed by atoms with Crippen LogP contribution >= 0.6 is 12.6 Å². The number of benzene rings is 2. The zero-order chi connectivity index (χ0) is 23.4. The fraction of sp³-hybridized carbons (Fsp3) is 0.350. The predicted molar refractivity (Wildman–Crippen MR) is 109 cm³/mol. The van der Waals surface area contributed by atoms with E-state index in [1.54, 1.807) is 12.1 Å². The number of halogens is 4. The topological polar surface area (TPSA) is 84.6 Å². The lowest BCUT2D eigenvalue weighted by Crippen LogP contribution is -2.37. The average Bonchev–Trinajstić information content (AvgIpc) is 3.10. The maximum atomic E-state index is 12.6. The van der Waals surface area contributed by atoms with Gasteiger partial charge in [-0.1, -0.05) is 0 Å². The van der Waals surface area contributed by atoms with E-state index in [1.165, 1.54) is 29.4 Å². The van der Waals surface area contributed by atoms with Gasteiger partial charge in [-0.25, -0.2) is 12.9 Å². The molecule has 2 N–H and O–H groups in total. The molecule has 3 rings (SSSR count). The van der Waals surface area contributed by atoms with E-state index < -0.39 is 40.8 Å². The van der Waals surface area contributed by atoms with Crippen LogP contribution in [0.25, 0.3) is 0 Å². The zero-order valence-corrected chi connectivity index (χ0v) is 18.1. The minimum atomic E-state index is -4.43. The quantitative estimate of drug-likeness (QED) is 0.468. The Morgan fingerprint density at radius 3 is 2.45 bits per heavy atom. The van der Waals surface area contributed by atoms with Crippen molar-refractivity contribution in [3.05, 3.63) is 58.9 Å². The summed E-state index contributed by atoms with van der Waals surface area (Å²) in [6.45, 7) is 1.37. The average molecular weight is 477 g/mol. The Kier molecular flexibility index (Phi) is 8.24. The number of hydrogen-bond donors (Lipinski definition) is 3. The number of aryl methyl sites for hydroxylation is 1. The third kappa shape index (κ3) is 6.51. The summed E-state index contributed by atoms with van der Waals surface area (Å²) < 4.78 is 64.2. The van der Waals surface area contributed by atoms with Crippen molar-refractivity contribution >= 4 is 23.6 Å². The minimum Gasteiger partial charge on any atom is -0.393 e. The number of thiol groups is 1. The molecule has 2 aromatic rings. The highest BCUT2D eigenvalue weighted by Gasteiger charge is 2.38. The Labute approximate surface area is 184 Å². The van der Waals surface area contributed by atoms with Crippen LogP contribution in [0.2, 0.25) is 0 Å². The highest BCUT2D eigenvalue weighted by atomic mass is 32.2. The molecule has 5 nitrogen and oxygen atoms in total. The van der Waals surface area contributed by atoms with Crippen LogP contribution in [-0.2, 0) is 17.2 Å². The molecule has 1 heterocycles. The van der Waals surface area contributed by atoms with Gasteiger partial charge < -0.3 is 10.2 Å². The monoisotopic (exact) mass is 476 g/mol. The van der Waals surface area contributed by atoms with Gasteiger partial charge in [-0.3, -0.25) is 0 Å². The predicted octanol–water partition coefficient (Wildman–Crippen LogP) is 3.45. The van der Waals surface area contributed by atoms with Crippen molar-refractivity contribution in [2.24, 2.45) is 0 Å². The fourth-order valence-electron chi connectivity index (χ4n) is 2.85. The van der Waals surface area contributed by atoms with Crippen molar-refractivity contribution in [1.82, 2.24) is 4.31 Å². The highest BCUT2D eigenvalue weighted by molar-refractivity contribution is 7.82. The minimum absolute atomic E-state index is 0.0244. The van der Waals surface area contributed by atoms with Crippen molar-refractivity contribution in [2.75, 3.05) is 19.7 Å². The van der Waals surface area contributed by atoms with Gasteiger partial charge in [-0.15, -0.1) is 12.6 Å². The molecule has 2 unspecified atom stereocenters. The molecule has 1 saturated heterocycles. The highest BCUT2D eigenvalue weighted by Crippen LogP contribution is 2.32. The first-order valence-electron chi connectivity index (χ1n) is 8.97. The lowest BCUT2D eigenvalue weighted by Gasteiger charge is -2.21. The number of aliphatic hydroxyl groups is 2. The van der Waals surface area contributed by atoms with Crippen molar-refractivity contribution < 1.29 is 32.0 Å². The van der Waals surface area contributed by atoms with Crippen LogP contribution in [0.15, 0.2) is 46.2 Å². The molecule has 168 valence electrons. The Hall–Kier alpha value is -1.97. The number of alkyl halides is 3. The van der Waals surface area contributed by atoms with E-state index in [1.807, 2.05) is 0 Å². The molecule has 1 aliphatic heterocycles. The van der Waals surface area contributed by atoms with Gasteiger partial charge in [0.05, 0.1) is 22.6 Å². The summed E-state index contributed by atoms with van der Waals surface area (Å²) in [5.41, 5.74) is -1.75. The Morgan fingerprint density at radius 2 is 1.97 bits per heavy atom. The van der Waals surface area contributed by atoms with E-state index in [-0.39, 0.29) is 29.0 Å². The first kappa shape index (κ1) is 25.3. The summed E-state index contributed by atoms with van der Waals surface area (Å²) in [5.74, 6) is -0.519. The second-order valence-electron chi connectivity index (χ2n) is 7.00. The summed E-state index contributed by atoms with van der Waals surface area (Å²) >= 11 is 3.89. The second kappa shape index (κ2) is 10.1. The van der Waals surface area contributed by atoms with Crippen molar-refractivity contribution in [1.29, 1.82) is 5.26 Å². The number of hydrogen-bond acceptors (Lipinski definition) is 5. The number of nitrogens with zero attached hydrogens (tertiary/aromatic N) is 2. The molecule has 2 aromatic carbocycles. The first-order valence-corrected chi connectivity index (χ1v) is 10.5. The summed E-state index contributed by atoms with van der Waals surface area (Å²) in [6, 6.07) is 8.95. The van der Waals surface area contributed by atoms with Crippen LogP contribution < -0.4 is 0 Å². The normalized spacial score (nSPS) is 20.0. The Morgan fingerprint density at radius 1 is 1.29 bits per heavy atom. The van der Waals surface area contributed by atoms with Crippen molar-refractivity contribution in [3.63, 3.8) is 0 Å². The molecule has 0 aliphatic carbocycles. The van der Waals surface area contributed by atoms with Gasteiger partial charge in [-0.05, 0) is 55.3 Å². The van der Waals surface area contributed by atoms with E-state index in [0.29, 0.717) is 11.4 Å². The summed E-state index contributed by atoms with van der Waals surface area (Å²) in [6.07, 6.45) is -4.16. The molecule has 0 bridgehead atoms. The zero-order valence-electron chi connectivity index (χ0n) is 16.4. The van der Waals surface area contributed by atoms with Gasteiger partial charge >= 0.3 is 6.18 Å². The molecule has 0 radical (unpaired) electrons. The molecule has 0 aromatic heterocycles. The van der Waals surface area contributed by atoms with E-state index in [4.69, 9.17) is 10.4 Å². The van der Waals surface area contributed by atoms with Gasteiger partial charge in [0, 0.05) is 18.0 Å². The lowest BCUT2D eigenvalue weighted by atomic mass is 10.1. The van der Waals surface area contributed by atoms with Gasteiger partial charge in [0.1, 0.15) is 28.5 Å². The molecule has 0 spiro atoms. The smallest absolute Gasteiger partial charge is 0.393 e. The van der Waals surface area contributed by atoms with Gasteiger partial charge in [0.25, 0.3) is 0 Å². The molecule has 1 fully saturated rings. The van der Waals surface area contributed by atoms with E-state index in [9.17, 15) is 26.9 Å². The molecule has 2 atom stereocenters. The standard InChI is InChI=1S/C13H16F3NO3S.C7H4FNS/c1-9-6-10(13(14,15)16)2-3-11(9)21(20)17-5-4-12(19,7-17)8-18;8-7-3-6(10)2-1-5(7)4-9/h2-3,6,18-19H,4-5,7-8H2,1H3;1-3,10H. The summed E-state index contributed by atoms with van der Waals surface area (Å²) in [4.78, 5) is 0.807. The molecule has 11 heteroatoms. The third-order valence-electron chi connectivity index (χ3n) is 4.59. The number of aliphatic hydroxyl groups excluding tert-OH is 1. The van der Waals surface area contributed by atoms with Crippen LogP contribution in [0.3, 0.4) is 0 Å². The van der Waals surface area contributed by atoms with Gasteiger partial charge in [-0.2, -0.15) is 18.4 Å². The molecule has 0 amide bonds. The molecular formula is C20H20F4N2O3S2. The third-order valence-corrected chi connectivity index (χ3v) is 6.48. The number of nitriles is 1. The van der Waals surface area contributed by atoms with Crippen LogP contribution in [0.1, 0.15) is 23.1 Å². The lowest BCUT2D eigenvalue weighted by molar-refractivity contribution is -0.137.